The minimum absolute atomic E-state index is 0.146. The van der Waals surface area contributed by atoms with E-state index < -0.39 is 0 Å². The lowest BCUT2D eigenvalue weighted by Gasteiger charge is -2.19. The lowest BCUT2D eigenvalue weighted by molar-refractivity contribution is 0.0784. The number of benzene rings is 1. The second kappa shape index (κ2) is 8.12. The van der Waals surface area contributed by atoms with Crippen molar-refractivity contribution in [3.63, 3.8) is 0 Å². The van der Waals surface area contributed by atoms with E-state index in [-0.39, 0.29) is 5.91 Å². The Bertz CT molecular complexity index is 997. The molecule has 7 nitrogen and oxygen atoms in total. The van der Waals surface area contributed by atoms with E-state index in [1.54, 1.807) is 38.6 Å². The van der Waals surface area contributed by atoms with E-state index in [2.05, 4.69) is 15.2 Å². The van der Waals surface area contributed by atoms with Gasteiger partial charge >= 0.3 is 0 Å². The quantitative estimate of drug-likeness (QED) is 0.709. The van der Waals surface area contributed by atoms with Crippen LogP contribution in [0, 0.1) is 13.8 Å². The number of carbonyl (C=O) groups is 1. The minimum atomic E-state index is -0.146. The summed E-state index contributed by atoms with van der Waals surface area (Å²) in [7, 11) is 5.00. The number of nitrogens with zero attached hydrogens (tertiary/aromatic N) is 3. The molecule has 0 aliphatic heterocycles. The molecule has 0 aliphatic carbocycles. The van der Waals surface area contributed by atoms with E-state index in [0.29, 0.717) is 23.6 Å². The van der Waals surface area contributed by atoms with Gasteiger partial charge in [-0.2, -0.15) is 5.10 Å². The predicted octanol–water partition coefficient (Wildman–Crippen LogP) is 3.38. The summed E-state index contributed by atoms with van der Waals surface area (Å²) in [6, 6.07) is 7.50. The van der Waals surface area contributed by atoms with E-state index in [4.69, 9.17) is 9.47 Å². The van der Waals surface area contributed by atoms with Crippen LogP contribution in [0.15, 0.2) is 36.7 Å². The van der Waals surface area contributed by atoms with Gasteiger partial charge in [-0.1, -0.05) is 12.1 Å². The molecular formula is C21H24N4O3. The molecule has 2 aromatic heterocycles. The Hall–Kier alpha value is -3.35. The van der Waals surface area contributed by atoms with Crippen molar-refractivity contribution in [1.29, 1.82) is 0 Å². The maximum Gasteiger partial charge on any atom is 0.257 e. The summed E-state index contributed by atoms with van der Waals surface area (Å²) in [5, 5.41) is 6.99. The van der Waals surface area contributed by atoms with Gasteiger partial charge in [0.2, 0.25) is 0 Å². The number of H-pyrrole nitrogens is 1. The molecule has 0 radical (unpaired) electrons. The zero-order valence-electron chi connectivity index (χ0n) is 16.7. The smallest absolute Gasteiger partial charge is 0.257 e. The monoisotopic (exact) mass is 380 g/mol. The molecule has 1 aromatic carbocycles. The van der Waals surface area contributed by atoms with Crippen LogP contribution < -0.4 is 9.47 Å². The van der Waals surface area contributed by atoms with Gasteiger partial charge in [0.25, 0.3) is 5.91 Å². The molecule has 1 amide bonds. The zero-order valence-corrected chi connectivity index (χ0v) is 16.7. The van der Waals surface area contributed by atoms with Gasteiger partial charge in [0, 0.05) is 29.9 Å². The molecule has 3 aromatic rings. The minimum Gasteiger partial charge on any atom is -0.497 e. The molecular weight excluding hydrogens is 356 g/mol. The topological polar surface area (TPSA) is 80.3 Å². The summed E-state index contributed by atoms with van der Waals surface area (Å²) in [5.41, 5.74) is 4.68. The van der Waals surface area contributed by atoms with Gasteiger partial charge in [0.05, 0.1) is 43.9 Å². The molecule has 146 valence electrons. The van der Waals surface area contributed by atoms with Crippen molar-refractivity contribution in [3.05, 3.63) is 59.0 Å². The fourth-order valence-electron chi connectivity index (χ4n) is 3.18. The Kier molecular flexibility index (Phi) is 5.63. The highest BCUT2D eigenvalue weighted by molar-refractivity contribution is 5.99. The van der Waals surface area contributed by atoms with Gasteiger partial charge in [0.1, 0.15) is 11.5 Å². The number of aromatic amines is 1. The van der Waals surface area contributed by atoms with Crippen molar-refractivity contribution < 1.29 is 14.3 Å². The molecule has 0 fully saturated rings. The predicted molar refractivity (Wildman–Crippen MR) is 107 cm³/mol. The van der Waals surface area contributed by atoms with Gasteiger partial charge in [-0.3, -0.25) is 14.9 Å². The summed E-state index contributed by atoms with van der Waals surface area (Å²) in [4.78, 5) is 19.2. The fourth-order valence-corrected chi connectivity index (χ4v) is 3.18. The second-order valence-corrected chi connectivity index (χ2v) is 6.60. The Balaban J connectivity index is 1.87. The van der Waals surface area contributed by atoms with Gasteiger partial charge in [-0.25, -0.2) is 0 Å². The van der Waals surface area contributed by atoms with Crippen LogP contribution in [0.5, 0.6) is 11.5 Å². The lowest BCUT2D eigenvalue weighted by atomic mass is 10.1. The van der Waals surface area contributed by atoms with Crippen LogP contribution >= 0.6 is 0 Å². The van der Waals surface area contributed by atoms with Crippen molar-refractivity contribution in [2.45, 2.75) is 20.4 Å². The first kappa shape index (κ1) is 19.4. The number of ether oxygens (including phenoxy) is 2. The summed E-state index contributed by atoms with van der Waals surface area (Å²) in [6.45, 7) is 4.26. The Morgan fingerprint density at radius 1 is 1.18 bits per heavy atom. The highest BCUT2D eigenvalue weighted by atomic mass is 16.5. The molecule has 0 spiro atoms. The Labute approximate surface area is 164 Å². The number of rotatable bonds is 6. The molecule has 0 unspecified atom stereocenters. The van der Waals surface area contributed by atoms with Gasteiger partial charge in [-0.15, -0.1) is 0 Å². The molecule has 0 bridgehead atoms. The average molecular weight is 380 g/mol. The maximum atomic E-state index is 13.1. The first-order valence-corrected chi connectivity index (χ1v) is 8.88. The van der Waals surface area contributed by atoms with E-state index in [0.717, 1.165) is 28.1 Å². The number of hydrogen-bond acceptors (Lipinski definition) is 5. The Morgan fingerprint density at radius 2 is 1.96 bits per heavy atom. The van der Waals surface area contributed by atoms with Crippen LogP contribution in [0.4, 0.5) is 0 Å². The van der Waals surface area contributed by atoms with E-state index >= 15 is 0 Å². The molecule has 0 aliphatic rings. The van der Waals surface area contributed by atoms with E-state index in [1.165, 1.54) is 0 Å². The fraction of sp³-hybridized carbons (Fsp3) is 0.286. The van der Waals surface area contributed by atoms with Crippen molar-refractivity contribution in [3.8, 4) is 22.8 Å². The van der Waals surface area contributed by atoms with Crippen molar-refractivity contribution in [2.75, 3.05) is 21.3 Å². The molecule has 7 heteroatoms. The average Bonchev–Trinajstić information content (AvgIpc) is 3.19. The van der Waals surface area contributed by atoms with Crippen LogP contribution in [0.2, 0.25) is 0 Å². The third-order valence-corrected chi connectivity index (χ3v) is 4.71. The number of hydrogen-bond donors (Lipinski definition) is 1. The van der Waals surface area contributed by atoms with E-state index in [9.17, 15) is 4.79 Å². The van der Waals surface area contributed by atoms with Crippen LogP contribution in [-0.2, 0) is 6.54 Å². The third-order valence-electron chi connectivity index (χ3n) is 4.71. The molecule has 0 atom stereocenters. The number of carbonyl (C=O) groups excluding carboxylic acids is 1. The van der Waals surface area contributed by atoms with Crippen LogP contribution in [0.1, 0.15) is 27.2 Å². The van der Waals surface area contributed by atoms with E-state index in [1.807, 2.05) is 38.1 Å². The number of pyridine rings is 1. The Morgan fingerprint density at radius 3 is 2.68 bits per heavy atom. The summed E-state index contributed by atoms with van der Waals surface area (Å²) >= 11 is 0. The largest absolute Gasteiger partial charge is 0.497 e. The molecule has 1 N–H and O–H groups in total. The maximum absolute atomic E-state index is 13.1. The van der Waals surface area contributed by atoms with Gasteiger partial charge in [-0.05, 0) is 26.0 Å². The first-order chi connectivity index (χ1) is 13.5. The summed E-state index contributed by atoms with van der Waals surface area (Å²) in [6.07, 6.45) is 3.31. The standard InChI is InChI=1S/C21H24N4O3/c1-13-10-22-18(14(2)20(13)28-5)12-25(3)21(26)17-11-23-24-19(17)15-7-6-8-16(9-15)27-4/h6-11H,12H2,1-5H3,(H,23,24). The third kappa shape index (κ3) is 3.69. The SMILES string of the molecule is COc1cccc(-c2[nH]ncc2C(=O)N(C)Cc2ncc(C)c(OC)c2C)c1. The molecule has 0 saturated heterocycles. The summed E-state index contributed by atoms with van der Waals surface area (Å²) in [5.74, 6) is 1.36. The molecule has 2 heterocycles. The number of amides is 1. The molecule has 3 rings (SSSR count). The van der Waals surface area contributed by atoms with Crippen molar-refractivity contribution in [1.82, 2.24) is 20.1 Å². The second-order valence-electron chi connectivity index (χ2n) is 6.60. The van der Waals surface area contributed by atoms with Crippen molar-refractivity contribution >= 4 is 5.91 Å². The molecule has 28 heavy (non-hydrogen) atoms. The number of aryl methyl sites for hydroxylation is 1. The highest BCUT2D eigenvalue weighted by Gasteiger charge is 2.21. The zero-order chi connectivity index (χ0) is 20.3. The normalized spacial score (nSPS) is 10.6. The number of methoxy groups -OCH3 is 2. The number of nitrogens with one attached hydrogen (secondary N) is 1. The van der Waals surface area contributed by atoms with Crippen LogP contribution in [-0.4, -0.2) is 47.3 Å². The highest BCUT2D eigenvalue weighted by Crippen LogP contribution is 2.27. The number of aromatic nitrogens is 3. The van der Waals surface area contributed by atoms with Crippen LogP contribution in [0.25, 0.3) is 11.3 Å². The van der Waals surface area contributed by atoms with Gasteiger partial charge < -0.3 is 14.4 Å². The van der Waals surface area contributed by atoms with Crippen molar-refractivity contribution in [2.24, 2.45) is 0 Å². The molecule has 0 saturated carbocycles. The summed E-state index contributed by atoms with van der Waals surface area (Å²) < 4.78 is 10.7. The first-order valence-electron chi connectivity index (χ1n) is 8.88. The lowest BCUT2D eigenvalue weighted by Crippen LogP contribution is -2.27. The van der Waals surface area contributed by atoms with Crippen LogP contribution in [0.3, 0.4) is 0 Å². The van der Waals surface area contributed by atoms with Gasteiger partial charge in [0.15, 0.2) is 0 Å².